The monoisotopic (exact) mass is 237 g/mol. The minimum Gasteiger partial charge on any atom is -0.394 e. The van der Waals surface area contributed by atoms with Crippen LogP contribution in [0.5, 0.6) is 0 Å². The summed E-state index contributed by atoms with van der Waals surface area (Å²) in [7, 11) is 0. The molecule has 5 N–H and O–H groups in total. The fourth-order valence-electron chi connectivity index (χ4n) is 1.06. The van der Waals surface area contributed by atoms with Gasteiger partial charge in [0.1, 0.15) is 12.2 Å². The van der Waals surface area contributed by atoms with E-state index in [4.69, 9.17) is 14.9 Å². The Labute approximate surface area is 93.7 Å². The van der Waals surface area contributed by atoms with E-state index in [1.165, 1.54) is 13.8 Å². The van der Waals surface area contributed by atoms with Crippen molar-refractivity contribution in [2.24, 2.45) is 0 Å². The molecule has 0 aliphatic carbocycles. The number of rotatable bonds is 7. The second-order valence-corrected chi connectivity index (χ2v) is 3.49. The highest BCUT2D eigenvalue weighted by atomic mass is 16.6. The van der Waals surface area contributed by atoms with Gasteiger partial charge in [-0.3, -0.25) is 4.79 Å². The van der Waals surface area contributed by atoms with Crippen LogP contribution in [0, 0.1) is 0 Å². The minimum absolute atomic E-state index is 0.335. The van der Waals surface area contributed by atoms with E-state index in [9.17, 15) is 15.0 Å². The van der Waals surface area contributed by atoms with Crippen molar-refractivity contribution < 1.29 is 30.0 Å². The molecule has 1 amide bonds. The van der Waals surface area contributed by atoms with E-state index in [1.54, 1.807) is 0 Å². The highest BCUT2D eigenvalue weighted by Crippen LogP contribution is 2.05. The molecular formula is C9H19NO6. The predicted octanol–water partition coefficient (Wildman–Crippen LogP) is -2.44. The van der Waals surface area contributed by atoms with Crippen molar-refractivity contribution >= 4 is 5.91 Å². The number of aliphatic hydroxyl groups excluding tert-OH is 4. The number of amides is 1. The van der Waals surface area contributed by atoms with Crippen LogP contribution in [-0.2, 0) is 9.53 Å². The summed E-state index contributed by atoms with van der Waals surface area (Å²) in [5.74, 6) is -0.335. The fraction of sp³-hybridized carbons (Fsp3) is 0.889. The highest BCUT2D eigenvalue weighted by molar-refractivity contribution is 5.73. The summed E-state index contributed by atoms with van der Waals surface area (Å²) in [6, 6.07) is -0.683. The van der Waals surface area contributed by atoms with Crippen LogP contribution >= 0.6 is 0 Å². The summed E-state index contributed by atoms with van der Waals surface area (Å²) in [5, 5.41) is 38.5. The van der Waals surface area contributed by atoms with Crippen LogP contribution in [0.15, 0.2) is 0 Å². The SMILES string of the molecule is CC(=O)N[C@@H](C)[C@@H](O)OC(CO)[C@@H](O)CO. The molecule has 7 nitrogen and oxygen atoms in total. The summed E-state index contributed by atoms with van der Waals surface area (Å²) < 4.78 is 4.90. The molecule has 0 aliphatic heterocycles. The van der Waals surface area contributed by atoms with Crippen LogP contribution in [0.25, 0.3) is 0 Å². The number of hydrogen-bond acceptors (Lipinski definition) is 6. The second kappa shape index (κ2) is 7.53. The van der Waals surface area contributed by atoms with Gasteiger partial charge in [0.15, 0.2) is 6.29 Å². The van der Waals surface area contributed by atoms with Gasteiger partial charge in [0, 0.05) is 6.92 Å². The first kappa shape index (κ1) is 15.3. The van der Waals surface area contributed by atoms with Crippen molar-refractivity contribution in [3.8, 4) is 0 Å². The van der Waals surface area contributed by atoms with E-state index in [0.29, 0.717) is 0 Å². The van der Waals surface area contributed by atoms with Gasteiger partial charge in [0.2, 0.25) is 5.91 Å². The normalized spacial score (nSPS) is 18.6. The molecule has 0 saturated heterocycles. The smallest absolute Gasteiger partial charge is 0.217 e. The number of aliphatic hydroxyl groups is 4. The number of hydrogen-bond donors (Lipinski definition) is 5. The first-order valence-corrected chi connectivity index (χ1v) is 4.92. The molecule has 0 bridgehead atoms. The van der Waals surface area contributed by atoms with E-state index in [2.05, 4.69) is 5.32 Å². The Kier molecular flexibility index (Phi) is 7.18. The van der Waals surface area contributed by atoms with Gasteiger partial charge in [-0.05, 0) is 6.92 Å². The summed E-state index contributed by atoms with van der Waals surface area (Å²) in [6.45, 7) is 1.65. The van der Waals surface area contributed by atoms with E-state index < -0.39 is 37.8 Å². The molecule has 0 aromatic carbocycles. The van der Waals surface area contributed by atoms with Gasteiger partial charge in [0.05, 0.1) is 19.3 Å². The average Bonchev–Trinajstić information content (AvgIpc) is 2.23. The molecule has 0 heterocycles. The Morgan fingerprint density at radius 1 is 1.31 bits per heavy atom. The molecule has 0 rings (SSSR count). The largest absolute Gasteiger partial charge is 0.394 e. The fourth-order valence-corrected chi connectivity index (χ4v) is 1.06. The lowest BCUT2D eigenvalue weighted by molar-refractivity contribution is -0.191. The first-order valence-electron chi connectivity index (χ1n) is 4.92. The van der Waals surface area contributed by atoms with Crippen LogP contribution in [0.1, 0.15) is 13.8 Å². The zero-order chi connectivity index (χ0) is 12.7. The van der Waals surface area contributed by atoms with E-state index in [0.717, 1.165) is 0 Å². The van der Waals surface area contributed by atoms with Crippen molar-refractivity contribution in [3.63, 3.8) is 0 Å². The second-order valence-electron chi connectivity index (χ2n) is 3.49. The summed E-state index contributed by atoms with van der Waals surface area (Å²) >= 11 is 0. The maximum atomic E-state index is 10.7. The Bertz CT molecular complexity index is 212. The van der Waals surface area contributed by atoms with Crippen molar-refractivity contribution in [1.29, 1.82) is 0 Å². The lowest BCUT2D eigenvalue weighted by Crippen LogP contribution is -2.46. The van der Waals surface area contributed by atoms with Gasteiger partial charge >= 0.3 is 0 Å². The molecule has 4 atom stereocenters. The third kappa shape index (κ3) is 5.38. The molecule has 0 saturated carbocycles. The van der Waals surface area contributed by atoms with Crippen molar-refractivity contribution in [2.75, 3.05) is 13.2 Å². The molecule has 0 radical (unpaired) electrons. The number of ether oxygens (including phenoxy) is 1. The van der Waals surface area contributed by atoms with E-state index in [-0.39, 0.29) is 5.91 Å². The zero-order valence-corrected chi connectivity index (χ0v) is 9.33. The number of nitrogens with one attached hydrogen (secondary N) is 1. The zero-order valence-electron chi connectivity index (χ0n) is 9.33. The van der Waals surface area contributed by atoms with Gasteiger partial charge in [-0.25, -0.2) is 0 Å². The van der Waals surface area contributed by atoms with Gasteiger partial charge in [-0.2, -0.15) is 0 Å². The Morgan fingerprint density at radius 3 is 2.25 bits per heavy atom. The molecule has 0 aliphatic rings. The van der Waals surface area contributed by atoms with Crippen molar-refractivity contribution in [3.05, 3.63) is 0 Å². The van der Waals surface area contributed by atoms with Crippen LogP contribution in [-0.4, -0.2) is 64.1 Å². The third-order valence-electron chi connectivity index (χ3n) is 1.97. The van der Waals surface area contributed by atoms with Crippen LogP contribution in [0.3, 0.4) is 0 Å². The van der Waals surface area contributed by atoms with Crippen LogP contribution in [0.2, 0.25) is 0 Å². The minimum atomic E-state index is -1.37. The average molecular weight is 237 g/mol. The maximum Gasteiger partial charge on any atom is 0.217 e. The Hall–Kier alpha value is -0.730. The molecule has 0 fully saturated rings. The standard InChI is InChI=1S/C9H19NO6/c1-5(10-6(2)13)9(15)16-8(4-12)7(14)3-11/h5,7-9,11-12,14-15H,3-4H2,1-2H3,(H,10,13)/t5-,7-,8?,9-/m0/s1. The lowest BCUT2D eigenvalue weighted by atomic mass is 10.2. The topological polar surface area (TPSA) is 119 Å². The van der Waals surface area contributed by atoms with Crippen LogP contribution < -0.4 is 5.32 Å². The molecule has 0 aromatic heterocycles. The van der Waals surface area contributed by atoms with E-state index >= 15 is 0 Å². The number of carbonyl (C=O) groups excluding carboxylic acids is 1. The lowest BCUT2D eigenvalue weighted by Gasteiger charge is -2.26. The van der Waals surface area contributed by atoms with Crippen molar-refractivity contribution in [2.45, 2.75) is 38.4 Å². The molecule has 1 unspecified atom stereocenters. The molecule has 96 valence electrons. The summed E-state index contributed by atoms with van der Waals surface area (Å²) in [5.41, 5.74) is 0. The quantitative estimate of drug-likeness (QED) is 0.314. The first-order chi connectivity index (χ1) is 7.42. The maximum absolute atomic E-state index is 10.7. The van der Waals surface area contributed by atoms with Gasteiger partial charge in [0.25, 0.3) is 0 Å². The Balaban J connectivity index is 4.18. The predicted molar refractivity (Wildman–Crippen MR) is 54.3 cm³/mol. The highest BCUT2D eigenvalue weighted by Gasteiger charge is 2.25. The van der Waals surface area contributed by atoms with E-state index in [1.807, 2.05) is 0 Å². The van der Waals surface area contributed by atoms with Gasteiger partial charge in [-0.1, -0.05) is 0 Å². The summed E-state index contributed by atoms with van der Waals surface area (Å²) in [4.78, 5) is 10.7. The van der Waals surface area contributed by atoms with Crippen molar-refractivity contribution in [1.82, 2.24) is 5.32 Å². The Morgan fingerprint density at radius 2 is 1.88 bits per heavy atom. The molecule has 7 heteroatoms. The molecule has 0 spiro atoms. The van der Waals surface area contributed by atoms with Gasteiger partial charge in [-0.15, -0.1) is 0 Å². The van der Waals surface area contributed by atoms with Crippen LogP contribution in [0.4, 0.5) is 0 Å². The molecule has 0 aromatic rings. The molecular weight excluding hydrogens is 218 g/mol. The molecule has 16 heavy (non-hydrogen) atoms. The third-order valence-corrected chi connectivity index (χ3v) is 1.97. The van der Waals surface area contributed by atoms with Gasteiger partial charge < -0.3 is 30.5 Å². The number of carbonyl (C=O) groups is 1. The summed E-state index contributed by atoms with van der Waals surface area (Å²) in [6.07, 6.45) is -3.76.